The van der Waals surface area contributed by atoms with Crippen LogP contribution in [0.25, 0.3) is 0 Å². The molecule has 2 aliphatic rings. The number of fused-ring (bicyclic) bond motifs is 1. The van der Waals surface area contributed by atoms with Gasteiger partial charge in [0.05, 0.1) is 5.69 Å². The van der Waals surface area contributed by atoms with Gasteiger partial charge in [-0.1, -0.05) is 13.8 Å². The SMILES string of the molecule is C[C@@H](N[C@@H]1CCC(F)(F)C1)c1cc(C(N)=O)nc2c1CCC2(C)C. The first-order valence-corrected chi connectivity index (χ1v) is 8.57. The minimum Gasteiger partial charge on any atom is -0.364 e. The average Bonchev–Trinajstić information content (AvgIpc) is 2.97. The molecular weight excluding hydrogens is 312 g/mol. The van der Waals surface area contributed by atoms with Crippen LogP contribution < -0.4 is 11.1 Å². The van der Waals surface area contributed by atoms with Crippen LogP contribution in [0.5, 0.6) is 0 Å². The van der Waals surface area contributed by atoms with Crippen LogP contribution in [0.1, 0.15) is 79.8 Å². The zero-order chi connectivity index (χ0) is 17.7. The molecule has 24 heavy (non-hydrogen) atoms. The Morgan fingerprint density at radius 3 is 2.71 bits per heavy atom. The summed E-state index contributed by atoms with van der Waals surface area (Å²) in [5.41, 5.74) is 8.61. The molecule has 2 aliphatic carbocycles. The Bertz CT molecular complexity index is 672. The number of aromatic nitrogens is 1. The second kappa shape index (κ2) is 5.76. The molecule has 6 heteroatoms. The van der Waals surface area contributed by atoms with E-state index in [-0.39, 0.29) is 36.0 Å². The number of nitrogens with two attached hydrogens (primary N) is 1. The predicted molar refractivity (Wildman–Crippen MR) is 88.2 cm³/mol. The maximum atomic E-state index is 13.4. The number of halogens is 2. The number of primary amides is 1. The van der Waals surface area contributed by atoms with Crippen molar-refractivity contribution in [2.45, 2.75) is 76.3 Å². The summed E-state index contributed by atoms with van der Waals surface area (Å²) in [6.45, 7) is 6.17. The molecule has 0 aliphatic heterocycles. The van der Waals surface area contributed by atoms with E-state index in [4.69, 9.17) is 5.73 Å². The Labute approximate surface area is 141 Å². The molecule has 0 unspecified atom stereocenters. The number of nitrogens with one attached hydrogen (secondary N) is 1. The molecule has 4 nitrogen and oxygen atoms in total. The van der Waals surface area contributed by atoms with Crippen LogP contribution in [0, 0.1) is 0 Å². The third-order valence-electron chi connectivity index (χ3n) is 5.41. The highest BCUT2D eigenvalue weighted by Crippen LogP contribution is 2.41. The van der Waals surface area contributed by atoms with Gasteiger partial charge in [-0.2, -0.15) is 0 Å². The highest BCUT2D eigenvalue weighted by atomic mass is 19.3. The summed E-state index contributed by atoms with van der Waals surface area (Å²) >= 11 is 0. The molecule has 0 radical (unpaired) electrons. The van der Waals surface area contributed by atoms with Gasteiger partial charge in [0.15, 0.2) is 0 Å². The predicted octanol–water partition coefficient (Wildman–Crippen LogP) is 3.24. The first-order valence-electron chi connectivity index (χ1n) is 8.57. The zero-order valence-corrected chi connectivity index (χ0v) is 14.5. The van der Waals surface area contributed by atoms with Crippen molar-refractivity contribution < 1.29 is 13.6 Å². The van der Waals surface area contributed by atoms with E-state index in [0.717, 1.165) is 29.7 Å². The van der Waals surface area contributed by atoms with Gasteiger partial charge in [0.1, 0.15) is 5.69 Å². The van der Waals surface area contributed by atoms with Gasteiger partial charge >= 0.3 is 0 Å². The van der Waals surface area contributed by atoms with Crippen molar-refractivity contribution in [3.63, 3.8) is 0 Å². The molecular formula is C18H25F2N3O. The number of nitrogens with zero attached hydrogens (tertiary/aromatic N) is 1. The highest BCUT2D eigenvalue weighted by Gasteiger charge is 2.40. The number of hydrogen-bond acceptors (Lipinski definition) is 3. The van der Waals surface area contributed by atoms with Gasteiger partial charge in [-0.05, 0) is 43.4 Å². The van der Waals surface area contributed by atoms with E-state index in [1.54, 1.807) is 6.07 Å². The molecule has 132 valence electrons. The van der Waals surface area contributed by atoms with Crippen LogP contribution in [0.2, 0.25) is 0 Å². The fourth-order valence-electron chi connectivity index (χ4n) is 4.02. The zero-order valence-electron chi connectivity index (χ0n) is 14.5. The molecule has 0 saturated heterocycles. The summed E-state index contributed by atoms with van der Waals surface area (Å²) in [7, 11) is 0. The second-order valence-corrected chi connectivity index (χ2v) is 7.86. The summed E-state index contributed by atoms with van der Waals surface area (Å²) in [4.78, 5) is 16.1. The monoisotopic (exact) mass is 337 g/mol. The van der Waals surface area contributed by atoms with Gasteiger partial charge in [0.25, 0.3) is 5.91 Å². The lowest BCUT2D eigenvalue weighted by Crippen LogP contribution is -2.31. The van der Waals surface area contributed by atoms with Crippen LogP contribution in [-0.2, 0) is 11.8 Å². The topological polar surface area (TPSA) is 68.0 Å². The van der Waals surface area contributed by atoms with Gasteiger partial charge in [-0.25, -0.2) is 13.8 Å². The molecule has 1 heterocycles. The Kier molecular flexibility index (Phi) is 4.14. The first-order chi connectivity index (χ1) is 11.1. The van der Waals surface area contributed by atoms with Crippen molar-refractivity contribution in [1.82, 2.24) is 10.3 Å². The van der Waals surface area contributed by atoms with Crippen molar-refractivity contribution >= 4 is 5.91 Å². The average molecular weight is 337 g/mol. The second-order valence-electron chi connectivity index (χ2n) is 7.86. The number of carbonyl (C=O) groups is 1. The fraction of sp³-hybridized carbons (Fsp3) is 0.667. The number of alkyl halides is 2. The van der Waals surface area contributed by atoms with Gasteiger partial charge in [-0.3, -0.25) is 4.79 Å². The number of pyridine rings is 1. The van der Waals surface area contributed by atoms with E-state index in [2.05, 4.69) is 24.1 Å². The minimum absolute atomic E-state index is 0.0641. The maximum absolute atomic E-state index is 13.4. The molecule has 1 saturated carbocycles. The molecule has 0 bridgehead atoms. The fourth-order valence-corrected chi connectivity index (χ4v) is 4.02. The number of rotatable bonds is 4. The van der Waals surface area contributed by atoms with Crippen LogP contribution in [0.15, 0.2) is 6.07 Å². The van der Waals surface area contributed by atoms with Crippen molar-refractivity contribution in [2.75, 3.05) is 0 Å². The van der Waals surface area contributed by atoms with Crippen LogP contribution in [0.3, 0.4) is 0 Å². The highest BCUT2D eigenvalue weighted by molar-refractivity contribution is 5.91. The molecule has 2 atom stereocenters. The van der Waals surface area contributed by atoms with Crippen molar-refractivity contribution in [3.8, 4) is 0 Å². The Balaban J connectivity index is 1.91. The summed E-state index contributed by atoms with van der Waals surface area (Å²) in [6, 6.07) is 1.41. The summed E-state index contributed by atoms with van der Waals surface area (Å²) in [5, 5.41) is 3.31. The van der Waals surface area contributed by atoms with E-state index in [1.807, 2.05) is 6.92 Å². The molecule has 0 aromatic carbocycles. The minimum atomic E-state index is -2.57. The lowest BCUT2D eigenvalue weighted by Gasteiger charge is -2.24. The van der Waals surface area contributed by atoms with Gasteiger partial charge in [-0.15, -0.1) is 0 Å². The first kappa shape index (κ1) is 17.3. The van der Waals surface area contributed by atoms with Crippen LogP contribution >= 0.6 is 0 Å². The van der Waals surface area contributed by atoms with Crippen molar-refractivity contribution in [1.29, 1.82) is 0 Å². The van der Waals surface area contributed by atoms with Gasteiger partial charge < -0.3 is 11.1 Å². The Hall–Kier alpha value is -1.56. The molecule has 1 aromatic rings. The standard InChI is InChI=1S/C18H25F2N3O/c1-10(22-11-4-7-18(19,20)9-11)13-8-14(16(21)24)23-15-12(13)5-6-17(15,2)3/h8,10-11,22H,4-7,9H2,1-3H3,(H2,21,24)/t10-,11-/m1/s1. The molecule has 3 N–H and O–H groups in total. The number of hydrogen-bond donors (Lipinski definition) is 2. The lowest BCUT2D eigenvalue weighted by atomic mass is 9.89. The van der Waals surface area contributed by atoms with Gasteiger partial charge in [0, 0.05) is 30.3 Å². The quantitative estimate of drug-likeness (QED) is 0.886. The molecule has 1 aromatic heterocycles. The smallest absolute Gasteiger partial charge is 0.267 e. The van der Waals surface area contributed by atoms with E-state index >= 15 is 0 Å². The largest absolute Gasteiger partial charge is 0.364 e. The normalized spacial score (nSPS) is 25.5. The summed E-state index contributed by atoms with van der Waals surface area (Å²) < 4.78 is 26.9. The number of amides is 1. The third kappa shape index (κ3) is 3.16. The van der Waals surface area contributed by atoms with Gasteiger partial charge in [0.2, 0.25) is 5.92 Å². The van der Waals surface area contributed by atoms with E-state index in [0.29, 0.717) is 6.42 Å². The molecule has 1 fully saturated rings. The van der Waals surface area contributed by atoms with Crippen LogP contribution in [-0.4, -0.2) is 22.9 Å². The maximum Gasteiger partial charge on any atom is 0.267 e. The lowest BCUT2D eigenvalue weighted by molar-refractivity contribution is 0.00663. The molecule has 1 amide bonds. The van der Waals surface area contributed by atoms with Crippen molar-refractivity contribution in [3.05, 3.63) is 28.6 Å². The van der Waals surface area contributed by atoms with E-state index < -0.39 is 11.8 Å². The number of carbonyl (C=O) groups excluding carboxylic acids is 1. The van der Waals surface area contributed by atoms with E-state index in [9.17, 15) is 13.6 Å². The Morgan fingerprint density at radius 2 is 2.12 bits per heavy atom. The summed E-state index contributed by atoms with van der Waals surface area (Å²) in [6.07, 6.45) is 2.12. The Morgan fingerprint density at radius 1 is 1.42 bits per heavy atom. The van der Waals surface area contributed by atoms with E-state index in [1.165, 1.54) is 0 Å². The molecule has 3 rings (SSSR count). The molecule has 0 spiro atoms. The van der Waals surface area contributed by atoms with Crippen molar-refractivity contribution in [2.24, 2.45) is 5.73 Å². The van der Waals surface area contributed by atoms with Crippen LogP contribution in [0.4, 0.5) is 8.78 Å². The summed E-state index contributed by atoms with van der Waals surface area (Å²) in [5.74, 6) is -3.13. The third-order valence-corrected chi connectivity index (χ3v) is 5.41.